The Hall–Kier alpha value is -1.47. The summed E-state index contributed by atoms with van der Waals surface area (Å²) in [6, 6.07) is 0. The van der Waals surface area contributed by atoms with Crippen LogP contribution in [0.3, 0.4) is 0 Å². The molecule has 8 heteroatoms. The molecule has 0 aliphatic heterocycles. The molecule has 108 valence electrons. The van der Waals surface area contributed by atoms with Crippen LogP contribution in [0.5, 0.6) is 0 Å². The summed E-state index contributed by atoms with van der Waals surface area (Å²) in [6.07, 6.45) is 1.87. The van der Waals surface area contributed by atoms with Crippen LogP contribution < -0.4 is 11.2 Å². The van der Waals surface area contributed by atoms with Gasteiger partial charge in [0.1, 0.15) is 0 Å². The third-order valence-electron chi connectivity index (χ3n) is 2.87. The number of allylic oxidation sites excluding steroid dienone is 1. The van der Waals surface area contributed by atoms with Crippen molar-refractivity contribution in [2.45, 2.75) is 25.5 Å². The Kier molecular flexibility index (Phi) is 4.39. The van der Waals surface area contributed by atoms with Crippen molar-refractivity contribution < 1.29 is 0 Å². The molecule has 0 atom stereocenters. The molecule has 0 aliphatic rings. The molecule has 1 N–H and O–H groups in total. The molecular weight excluding hydrogens is 300 g/mol. The number of imidazole rings is 1. The van der Waals surface area contributed by atoms with Crippen LogP contribution in [0.15, 0.2) is 25.9 Å². The molecule has 0 spiro atoms. The highest BCUT2D eigenvalue weighted by molar-refractivity contribution is 7.99. The van der Waals surface area contributed by atoms with E-state index in [1.54, 1.807) is 18.5 Å². The lowest BCUT2D eigenvalue weighted by atomic mass is 10.5. The van der Waals surface area contributed by atoms with E-state index >= 15 is 0 Å². The Morgan fingerprint density at radius 2 is 2.20 bits per heavy atom. The second-order valence-electron chi connectivity index (χ2n) is 4.23. The predicted molar refractivity (Wildman–Crippen MR) is 81.6 cm³/mol. The van der Waals surface area contributed by atoms with Gasteiger partial charge < -0.3 is 4.57 Å². The van der Waals surface area contributed by atoms with E-state index in [-0.39, 0.29) is 0 Å². The fourth-order valence-corrected chi connectivity index (χ4v) is 3.03. The number of nitrogens with one attached hydrogen (secondary N) is 1. The zero-order chi connectivity index (χ0) is 14.9. The summed E-state index contributed by atoms with van der Waals surface area (Å²) in [5.41, 5.74) is -0.0528. The molecule has 2 rings (SSSR count). The van der Waals surface area contributed by atoms with Gasteiger partial charge in [0.15, 0.2) is 16.3 Å². The zero-order valence-corrected chi connectivity index (χ0v) is 13.0. The lowest BCUT2D eigenvalue weighted by Crippen LogP contribution is -2.29. The highest BCUT2D eigenvalue weighted by Crippen LogP contribution is 2.21. The van der Waals surface area contributed by atoms with Crippen molar-refractivity contribution in [2.24, 2.45) is 7.05 Å². The number of H-pyrrole nitrogens is 1. The van der Waals surface area contributed by atoms with Gasteiger partial charge in [-0.25, -0.2) is 9.78 Å². The fraction of sp³-hybridized carbons (Fsp3) is 0.417. The van der Waals surface area contributed by atoms with Crippen molar-refractivity contribution in [3.63, 3.8) is 0 Å². The van der Waals surface area contributed by atoms with Gasteiger partial charge in [0, 0.05) is 24.4 Å². The first-order valence-electron chi connectivity index (χ1n) is 6.10. The van der Waals surface area contributed by atoms with E-state index < -0.39 is 11.2 Å². The molecule has 20 heavy (non-hydrogen) atoms. The third kappa shape index (κ3) is 2.69. The molecule has 0 aliphatic carbocycles. The molecule has 0 fully saturated rings. The summed E-state index contributed by atoms with van der Waals surface area (Å²) in [6.45, 7) is 4.33. The van der Waals surface area contributed by atoms with Crippen molar-refractivity contribution in [1.29, 1.82) is 0 Å². The van der Waals surface area contributed by atoms with Gasteiger partial charge in [-0.2, -0.15) is 0 Å². The molecule has 0 bridgehead atoms. The first-order valence-corrected chi connectivity index (χ1v) is 7.46. The number of nitrogens with zero attached hydrogens (tertiary/aromatic N) is 3. The molecule has 0 saturated carbocycles. The van der Waals surface area contributed by atoms with Crippen molar-refractivity contribution in [2.75, 3.05) is 5.75 Å². The largest absolute Gasteiger partial charge is 0.329 e. The normalized spacial score (nSPS) is 12.3. The minimum absolute atomic E-state index is 0.398. The quantitative estimate of drug-likeness (QED) is 0.871. The maximum absolute atomic E-state index is 12.0. The van der Waals surface area contributed by atoms with Crippen LogP contribution in [0.1, 0.15) is 13.8 Å². The molecule has 0 unspecified atom stereocenters. The topological polar surface area (TPSA) is 72.7 Å². The number of fused-ring (bicyclic) bond motifs is 1. The monoisotopic (exact) mass is 314 g/mol. The smallest absolute Gasteiger partial charge is 0.313 e. The number of rotatable bonds is 4. The lowest BCUT2D eigenvalue weighted by Gasteiger charge is -2.03. The number of hydrogen-bond donors (Lipinski definition) is 1. The third-order valence-corrected chi connectivity index (χ3v) is 3.92. The molecule has 0 aromatic carbocycles. The summed E-state index contributed by atoms with van der Waals surface area (Å²) in [5.74, 6) is 0.657. The van der Waals surface area contributed by atoms with Gasteiger partial charge >= 0.3 is 5.69 Å². The minimum Gasteiger partial charge on any atom is -0.313 e. The first-order chi connectivity index (χ1) is 9.45. The highest BCUT2D eigenvalue weighted by atomic mass is 35.5. The highest BCUT2D eigenvalue weighted by Gasteiger charge is 2.16. The van der Waals surface area contributed by atoms with E-state index in [9.17, 15) is 9.59 Å². The van der Waals surface area contributed by atoms with Gasteiger partial charge in [-0.1, -0.05) is 29.4 Å². The van der Waals surface area contributed by atoms with Gasteiger partial charge in [-0.05, 0) is 13.8 Å². The first kappa shape index (κ1) is 14.9. The average molecular weight is 315 g/mol. The zero-order valence-electron chi connectivity index (χ0n) is 11.4. The van der Waals surface area contributed by atoms with Gasteiger partial charge in [0.05, 0.1) is 0 Å². The summed E-state index contributed by atoms with van der Waals surface area (Å²) in [5, 5.41) is 1.41. The SMILES string of the molecule is CCn1c(SCC=C(C)Cl)nc2c1c(=O)[nH]c(=O)n2C. The van der Waals surface area contributed by atoms with Crippen molar-refractivity contribution in [1.82, 2.24) is 19.1 Å². The summed E-state index contributed by atoms with van der Waals surface area (Å²) < 4.78 is 3.14. The number of aromatic amines is 1. The van der Waals surface area contributed by atoms with Crippen LogP contribution >= 0.6 is 23.4 Å². The second kappa shape index (κ2) is 5.88. The van der Waals surface area contributed by atoms with Gasteiger partial charge in [0.2, 0.25) is 0 Å². The maximum Gasteiger partial charge on any atom is 0.329 e. The number of hydrogen-bond acceptors (Lipinski definition) is 4. The molecule has 6 nitrogen and oxygen atoms in total. The number of halogens is 1. The second-order valence-corrected chi connectivity index (χ2v) is 5.81. The molecule has 0 saturated heterocycles. The van der Waals surface area contributed by atoms with E-state index in [4.69, 9.17) is 11.6 Å². The van der Waals surface area contributed by atoms with Crippen LogP contribution in [0.2, 0.25) is 0 Å². The summed E-state index contributed by atoms with van der Waals surface area (Å²) in [7, 11) is 1.59. The van der Waals surface area contributed by atoms with Crippen LogP contribution in [0.4, 0.5) is 0 Å². The van der Waals surface area contributed by atoms with Crippen LogP contribution in [0, 0.1) is 0 Å². The van der Waals surface area contributed by atoms with E-state index in [2.05, 4.69) is 9.97 Å². The number of thioether (sulfide) groups is 1. The Balaban J connectivity index is 2.59. The van der Waals surface area contributed by atoms with E-state index in [0.717, 1.165) is 0 Å². The van der Waals surface area contributed by atoms with E-state index in [1.807, 2.05) is 13.0 Å². The van der Waals surface area contributed by atoms with Crippen LogP contribution in [0.25, 0.3) is 11.2 Å². The standard InChI is InChI=1S/C12H15ClN4O2S/c1-4-17-8-9(16(3)11(19)15-10(8)18)14-12(17)20-6-5-7(2)13/h5H,4,6H2,1-3H3,(H,15,18,19). The van der Waals surface area contributed by atoms with Crippen molar-refractivity contribution in [3.8, 4) is 0 Å². The fourth-order valence-electron chi connectivity index (χ4n) is 1.85. The average Bonchev–Trinajstić information content (AvgIpc) is 2.75. The summed E-state index contributed by atoms with van der Waals surface area (Å²) in [4.78, 5) is 30.2. The van der Waals surface area contributed by atoms with E-state index in [1.165, 1.54) is 16.3 Å². The Labute approximate surface area is 124 Å². The number of aromatic nitrogens is 4. The Bertz CT molecular complexity index is 783. The van der Waals surface area contributed by atoms with Crippen LogP contribution in [-0.4, -0.2) is 24.9 Å². The Morgan fingerprint density at radius 3 is 2.80 bits per heavy atom. The number of aryl methyl sites for hydroxylation is 2. The molecule has 2 aromatic rings. The Morgan fingerprint density at radius 1 is 1.50 bits per heavy atom. The summed E-state index contributed by atoms with van der Waals surface area (Å²) >= 11 is 7.26. The lowest BCUT2D eigenvalue weighted by molar-refractivity contribution is 0.700. The van der Waals surface area contributed by atoms with Crippen molar-refractivity contribution in [3.05, 3.63) is 31.9 Å². The van der Waals surface area contributed by atoms with E-state index in [0.29, 0.717) is 33.7 Å². The molecule has 2 heterocycles. The van der Waals surface area contributed by atoms with Gasteiger partial charge in [-0.3, -0.25) is 14.3 Å². The van der Waals surface area contributed by atoms with Crippen molar-refractivity contribution >= 4 is 34.5 Å². The maximum atomic E-state index is 12.0. The minimum atomic E-state index is -0.462. The molecule has 2 aromatic heterocycles. The van der Waals surface area contributed by atoms with Gasteiger partial charge in [0.25, 0.3) is 5.56 Å². The van der Waals surface area contributed by atoms with Gasteiger partial charge in [-0.15, -0.1) is 0 Å². The van der Waals surface area contributed by atoms with Crippen LogP contribution in [-0.2, 0) is 13.6 Å². The predicted octanol–water partition coefficient (Wildman–Crippen LogP) is 1.68. The molecule has 0 amide bonds. The molecule has 0 radical (unpaired) electrons. The molecular formula is C12H15ClN4O2S.